The van der Waals surface area contributed by atoms with Crippen molar-refractivity contribution in [2.75, 3.05) is 13.1 Å². The van der Waals surface area contributed by atoms with E-state index in [4.69, 9.17) is 4.42 Å². The number of nitrogens with one attached hydrogen (secondary N) is 1. The lowest BCUT2D eigenvalue weighted by Crippen LogP contribution is -2.45. The molecule has 19 heavy (non-hydrogen) atoms. The van der Waals surface area contributed by atoms with E-state index in [1.165, 1.54) is 0 Å². The molecule has 2 atom stereocenters. The Morgan fingerprint density at radius 1 is 1.68 bits per heavy atom. The summed E-state index contributed by atoms with van der Waals surface area (Å²) < 4.78 is 5.19. The molecule has 0 bridgehead atoms. The summed E-state index contributed by atoms with van der Waals surface area (Å²) >= 11 is 0. The summed E-state index contributed by atoms with van der Waals surface area (Å²) in [6.45, 7) is 3.84. The van der Waals surface area contributed by atoms with Crippen molar-refractivity contribution in [3.63, 3.8) is 0 Å². The standard InChI is InChI=1S/C14H22N2O3/c1-2-11(17)10-16-7-3-6-13(16)14(18)15-9-12-5-4-8-19-12/h4-5,8,11,13,17H,2-3,6-7,9-10H2,1H3,(H,15,18). The Morgan fingerprint density at radius 2 is 2.53 bits per heavy atom. The molecule has 1 aromatic heterocycles. The average Bonchev–Trinajstić information content (AvgIpc) is 3.06. The first-order valence-electron chi connectivity index (χ1n) is 6.93. The van der Waals surface area contributed by atoms with Gasteiger partial charge < -0.3 is 14.8 Å². The van der Waals surface area contributed by atoms with Crippen LogP contribution < -0.4 is 5.32 Å². The molecule has 0 radical (unpaired) electrons. The molecule has 1 fully saturated rings. The number of nitrogens with zero attached hydrogens (tertiary/aromatic N) is 1. The second kappa shape index (κ2) is 6.73. The fourth-order valence-electron chi connectivity index (χ4n) is 2.45. The number of hydrogen-bond donors (Lipinski definition) is 2. The van der Waals surface area contributed by atoms with Crippen molar-refractivity contribution in [2.45, 2.75) is 44.9 Å². The van der Waals surface area contributed by atoms with E-state index >= 15 is 0 Å². The SMILES string of the molecule is CCC(O)CN1CCCC1C(=O)NCc1ccco1. The Morgan fingerprint density at radius 3 is 3.21 bits per heavy atom. The summed E-state index contributed by atoms with van der Waals surface area (Å²) in [5.74, 6) is 0.781. The molecule has 0 aromatic carbocycles. The minimum absolute atomic E-state index is 0.0252. The quantitative estimate of drug-likeness (QED) is 0.810. The van der Waals surface area contributed by atoms with E-state index in [1.807, 2.05) is 13.0 Å². The number of aliphatic hydroxyl groups is 1. The van der Waals surface area contributed by atoms with E-state index in [2.05, 4.69) is 10.2 Å². The number of β-amino-alcohol motifs (C(OH)–C–C–N with tert-alkyl or cyclic N) is 1. The van der Waals surface area contributed by atoms with E-state index in [1.54, 1.807) is 12.3 Å². The second-order valence-corrected chi connectivity index (χ2v) is 5.01. The van der Waals surface area contributed by atoms with E-state index in [-0.39, 0.29) is 18.1 Å². The van der Waals surface area contributed by atoms with Gasteiger partial charge in [-0.25, -0.2) is 0 Å². The smallest absolute Gasteiger partial charge is 0.237 e. The lowest BCUT2D eigenvalue weighted by molar-refractivity contribution is -0.126. The predicted molar refractivity (Wildman–Crippen MR) is 71.4 cm³/mol. The Balaban J connectivity index is 1.83. The first-order chi connectivity index (χ1) is 9.20. The topological polar surface area (TPSA) is 65.7 Å². The minimum atomic E-state index is -0.349. The van der Waals surface area contributed by atoms with Gasteiger partial charge in [0.25, 0.3) is 0 Å². The van der Waals surface area contributed by atoms with E-state index in [0.29, 0.717) is 13.1 Å². The Kier molecular flexibility index (Phi) is 4.99. The van der Waals surface area contributed by atoms with Gasteiger partial charge >= 0.3 is 0 Å². The Hall–Kier alpha value is -1.33. The van der Waals surface area contributed by atoms with Gasteiger partial charge in [-0.2, -0.15) is 0 Å². The summed E-state index contributed by atoms with van der Waals surface area (Å²) in [7, 11) is 0. The van der Waals surface area contributed by atoms with Gasteiger partial charge in [0.05, 0.1) is 25.0 Å². The van der Waals surface area contributed by atoms with Gasteiger partial charge in [0.1, 0.15) is 5.76 Å². The number of furan rings is 1. The predicted octanol–water partition coefficient (Wildman–Crippen LogP) is 1.13. The normalized spacial score (nSPS) is 21.5. The van der Waals surface area contributed by atoms with Crippen molar-refractivity contribution >= 4 is 5.91 Å². The van der Waals surface area contributed by atoms with Crippen molar-refractivity contribution in [3.05, 3.63) is 24.2 Å². The average molecular weight is 266 g/mol. The van der Waals surface area contributed by atoms with Crippen molar-refractivity contribution in [1.82, 2.24) is 10.2 Å². The van der Waals surface area contributed by atoms with Crippen LogP contribution in [0.4, 0.5) is 0 Å². The van der Waals surface area contributed by atoms with Crippen molar-refractivity contribution < 1.29 is 14.3 Å². The van der Waals surface area contributed by atoms with E-state index in [9.17, 15) is 9.90 Å². The largest absolute Gasteiger partial charge is 0.467 e. The number of likely N-dealkylation sites (tertiary alicyclic amines) is 1. The van der Waals surface area contributed by atoms with Crippen molar-refractivity contribution in [1.29, 1.82) is 0 Å². The van der Waals surface area contributed by atoms with Crippen LogP contribution in [0.25, 0.3) is 0 Å². The summed E-state index contributed by atoms with van der Waals surface area (Å²) in [6.07, 6.45) is 3.84. The molecule has 2 heterocycles. The van der Waals surface area contributed by atoms with Crippen LogP contribution in [-0.4, -0.2) is 41.1 Å². The summed E-state index contributed by atoms with van der Waals surface area (Å²) in [6, 6.07) is 3.53. The van der Waals surface area contributed by atoms with Gasteiger partial charge in [-0.1, -0.05) is 6.92 Å². The van der Waals surface area contributed by atoms with Gasteiger partial charge in [-0.05, 0) is 37.9 Å². The molecule has 106 valence electrons. The molecule has 0 spiro atoms. The Labute approximate surface area is 113 Å². The van der Waals surface area contributed by atoms with Gasteiger partial charge in [0.15, 0.2) is 0 Å². The van der Waals surface area contributed by atoms with Crippen molar-refractivity contribution in [3.8, 4) is 0 Å². The molecule has 2 N–H and O–H groups in total. The first kappa shape index (κ1) is 14.1. The highest BCUT2D eigenvalue weighted by Gasteiger charge is 2.31. The highest BCUT2D eigenvalue weighted by molar-refractivity contribution is 5.81. The number of amides is 1. The number of aliphatic hydroxyl groups excluding tert-OH is 1. The van der Waals surface area contributed by atoms with Gasteiger partial charge in [0.2, 0.25) is 5.91 Å². The molecular weight excluding hydrogens is 244 g/mol. The Bertz CT molecular complexity index is 391. The van der Waals surface area contributed by atoms with Crippen LogP contribution in [0.5, 0.6) is 0 Å². The maximum atomic E-state index is 12.1. The summed E-state index contributed by atoms with van der Waals surface area (Å²) in [4.78, 5) is 14.2. The molecule has 1 aromatic rings. The molecule has 0 saturated carbocycles. The molecule has 1 aliphatic rings. The van der Waals surface area contributed by atoms with Crippen LogP contribution in [-0.2, 0) is 11.3 Å². The van der Waals surface area contributed by atoms with Gasteiger partial charge in [0, 0.05) is 6.54 Å². The van der Waals surface area contributed by atoms with Gasteiger partial charge in [-0.3, -0.25) is 9.69 Å². The zero-order chi connectivity index (χ0) is 13.7. The third-order valence-corrected chi connectivity index (χ3v) is 3.60. The minimum Gasteiger partial charge on any atom is -0.467 e. The van der Waals surface area contributed by atoms with Crippen LogP contribution in [0, 0.1) is 0 Å². The van der Waals surface area contributed by atoms with Crippen LogP contribution in [0.2, 0.25) is 0 Å². The number of carbonyl (C=O) groups excluding carboxylic acids is 1. The molecule has 2 unspecified atom stereocenters. The lowest BCUT2D eigenvalue weighted by Gasteiger charge is -2.25. The van der Waals surface area contributed by atoms with Gasteiger partial charge in [-0.15, -0.1) is 0 Å². The molecule has 1 aliphatic heterocycles. The van der Waals surface area contributed by atoms with Crippen LogP contribution in [0.15, 0.2) is 22.8 Å². The zero-order valence-electron chi connectivity index (χ0n) is 11.3. The van der Waals surface area contributed by atoms with Crippen molar-refractivity contribution in [2.24, 2.45) is 0 Å². The molecule has 5 heteroatoms. The maximum Gasteiger partial charge on any atom is 0.237 e. The summed E-state index contributed by atoms with van der Waals surface area (Å²) in [5.41, 5.74) is 0. The second-order valence-electron chi connectivity index (χ2n) is 5.01. The highest BCUT2D eigenvalue weighted by atomic mass is 16.3. The fraction of sp³-hybridized carbons (Fsp3) is 0.643. The zero-order valence-corrected chi connectivity index (χ0v) is 11.3. The highest BCUT2D eigenvalue weighted by Crippen LogP contribution is 2.18. The molecule has 5 nitrogen and oxygen atoms in total. The fourth-order valence-corrected chi connectivity index (χ4v) is 2.45. The summed E-state index contributed by atoms with van der Waals surface area (Å²) in [5, 5.41) is 12.6. The number of rotatable bonds is 6. The van der Waals surface area contributed by atoms with E-state index < -0.39 is 0 Å². The first-order valence-corrected chi connectivity index (χ1v) is 6.93. The van der Waals surface area contributed by atoms with Crippen LogP contribution in [0.3, 0.4) is 0 Å². The lowest BCUT2D eigenvalue weighted by atomic mass is 10.2. The molecule has 0 aliphatic carbocycles. The molecular formula is C14H22N2O3. The maximum absolute atomic E-state index is 12.1. The molecule has 1 amide bonds. The van der Waals surface area contributed by atoms with E-state index in [0.717, 1.165) is 31.6 Å². The monoisotopic (exact) mass is 266 g/mol. The van der Waals surface area contributed by atoms with Crippen LogP contribution in [0.1, 0.15) is 31.9 Å². The third-order valence-electron chi connectivity index (χ3n) is 3.60. The van der Waals surface area contributed by atoms with Crippen LogP contribution >= 0.6 is 0 Å². The number of carbonyl (C=O) groups is 1. The molecule has 2 rings (SSSR count). The third kappa shape index (κ3) is 3.81. The molecule has 1 saturated heterocycles. The number of hydrogen-bond acceptors (Lipinski definition) is 4.